The van der Waals surface area contributed by atoms with E-state index < -0.39 is 33.6 Å². The van der Waals surface area contributed by atoms with Gasteiger partial charge in [0.05, 0.1) is 11.9 Å². The number of rotatable bonds is 5. The third kappa shape index (κ3) is 3.51. The normalized spacial score (nSPS) is 32.2. The first-order valence-corrected chi connectivity index (χ1v) is 11.7. The van der Waals surface area contributed by atoms with Gasteiger partial charge in [0.25, 0.3) is 0 Å². The summed E-state index contributed by atoms with van der Waals surface area (Å²) >= 11 is 0. The molecule has 0 heterocycles. The van der Waals surface area contributed by atoms with Gasteiger partial charge in [-0.3, -0.25) is 9.10 Å². The van der Waals surface area contributed by atoms with Crippen molar-refractivity contribution in [2.24, 2.45) is 17.8 Å². The van der Waals surface area contributed by atoms with Crippen LogP contribution in [0.4, 0.5) is 14.5 Å². The van der Waals surface area contributed by atoms with Gasteiger partial charge in [-0.15, -0.1) is 0 Å². The quantitative estimate of drug-likeness (QED) is 0.808. The van der Waals surface area contributed by atoms with E-state index in [9.17, 15) is 22.0 Å². The summed E-state index contributed by atoms with van der Waals surface area (Å²) in [4.78, 5) is 13.1. The Hall–Kier alpha value is -1.70. The molecule has 1 aromatic rings. The summed E-state index contributed by atoms with van der Waals surface area (Å²) in [5.41, 5.74) is -0.313. The van der Waals surface area contributed by atoms with E-state index in [1.165, 1.54) is 32.3 Å². The number of amides is 1. The molecule has 4 fully saturated rings. The van der Waals surface area contributed by atoms with E-state index in [0.717, 1.165) is 42.0 Å². The monoisotopic (exact) mass is 412 g/mol. The van der Waals surface area contributed by atoms with Crippen LogP contribution in [0, 0.1) is 29.4 Å². The van der Waals surface area contributed by atoms with E-state index in [0.29, 0.717) is 17.8 Å². The number of nitrogens with zero attached hydrogens (tertiary/aromatic N) is 1. The predicted molar refractivity (Wildman–Crippen MR) is 102 cm³/mol. The topological polar surface area (TPSA) is 66.5 Å². The van der Waals surface area contributed by atoms with Crippen molar-refractivity contribution in [1.29, 1.82) is 0 Å². The first-order valence-electron chi connectivity index (χ1n) is 9.83. The highest BCUT2D eigenvalue weighted by molar-refractivity contribution is 7.92. The lowest BCUT2D eigenvalue weighted by atomic mass is 9.53. The van der Waals surface area contributed by atoms with E-state index in [1.807, 2.05) is 0 Å². The van der Waals surface area contributed by atoms with Crippen LogP contribution < -0.4 is 9.62 Å². The molecule has 1 N–H and O–H groups in total. The van der Waals surface area contributed by atoms with Crippen molar-refractivity contribution in [3.8, 4) is 0 Å². The number of anilines is 1. The van der Waals surface area contributed by atoms with Gasteiger partial charge in [-0.1, -0.05) is 0 Å². The summed E-state index contributed by atoms with van der Waals surface area (Å²) in [6.07, 6.45) is 7.49. The lowest BCUT2D eigenvalue weighted by Gasteiger charge is -2.57. The Labute approximate surface area is 164 Å². The number of carbonyl (C=O) groups excluding carboxylic acids is 1. The molecule has 5 rings (SSSR count). The standard InChI is InChI=1S/C20H26F2N2O3S/c1-12(24(28(2,26)27)16-3-4-17(21)18(22)8-16)19(25)23-20-9-13-5-14(10-20)7-15(6-13)11-20/h3-4,8,12-15H,5-7,9-11H2,1-2H3,(H,23,25). The maximum Gasteiger partial charge on any atom is 0.244 e. The minimum absolute atomic E-state index is 0.0606. The van der Waals surface area contributed by atoms with Crippen LogP contribution in [0.5, 0.6) is 0 Å². The molecular formula is C20H26F2N2O3S. The zero-order valence-electron chi connectivity index (χ0n) is 16.1. The minimum atomic E-state index is -3.87. The third-order valence-corrected chi connectivity index (χ3v) is 7.91. The van der Waals surface area contributed by atoms with Crippen molar-refractivity contribution in [3.63, 3.8) is 0 Å². The van der Waals surface area contributed by atoms with Gasteiger partial charge in [0.1, 0.15) is 6.04 Å². The van der Waals surface area contributed by atoms with E-state index in [1.54, 1.807) is 0 Å². The fourth-order valence-electron chi connectivity index (χ4n) is 6.06. The first kappa shape index (κ1) is 19.6. The highest BCUT2D eigenvalue weighted by Gasteiger charge is 2.52. The van der Waals surface area contributed by atoms with Crippen LogP contribution in [0.3, 0.4) is 0 Å². The van der Waals surface area contributed by atoms with E-state index in [2.05, 4.69) is 5.32 Å². The van der Waals surface area contributed by atoms with Gasteiger partial charge in [-0.2, -0.15) is 0 Å². The summed E-state index contributed by atoms with van der Waals surface area (Å²) in [6, 6.07) is 1.79. The number of sulfonamides is 1. The smallest absolute Gasteiger partial charge is 0.244 e. The Bertz CT molecular complexity index is 867. The van der Waals surface area contributed by atoms with E-state index >= 15 is 0 Å². The van der Waals surface area contributed by atoms with Crippen LogP contribution in [0.2, 0.25) is 0 Å². The van der Waals surface area contributed by atoms with Gasteiger partial charge in [-0.05, 0) is 75.3 Å². The zero-order valence-corrected chi connectivity index (χ0v) is 16.9. The average molecular weight is 413 g/mol. The molecule has 8 heteroatoms. The molecule has 5 nitrogen and oxygen atoms in total. The zero-order chi connectivity index (χ0) is 20.3. The Morgan fingerprint density at radius 2 is 1.64 bits per heavy atom. The van der Waals surface area contributed by atoms with Gasteiger partial charge < -0.3 is 5.32 Å². The van der Waals surface area contributed by atoms with Crippen molar-refractivity contribution in [2.75, 3.05) is 10.6 Å². The van der Waals surface area contributed by atoms with Crippen molar-refractivity contribution < 1.29 is 22.0 Å². The molecule has 4 saturated carbocycles. The van der Waals surface area contributed by atoms with E-state index in [-0.39, 0.29) is 11.2 Å². The molecule has 1 aromatic carbocycles. The van der Waals surface area contributed by atoms with Crippen molar-refractivity contribution in [3.05, 3.63) is 29.8 Å². The highest BCUT2D eigenvalue weighted by atomic mass is 32.2. The second-order valence-electron chi connectivity index (χ2n) is 9.02. The lowest BCUT2D eigenvalue weighted by molar-refractivity contribution is -0.127. The van der Waals surface area contributed by atoms with Crippen LogP contribution in [0.25, 0.3) is 0 Å². The SMILES string of the molecule is CC(C(=O)NC12CC3CC(CC(C3)C1)C2)N(c1ccc(F)c(F)c1)S(C)(=O)=O. The maximum absolute atomic E-state index is 13.7. The van der Waals surface area contributed by atoms with Crippen molar-refractivity contribution in [2.45, 2.75) is 57.0 Å². The Kier molecular flexibility index (Phi) is 4.68. The Morgan fingerprint density at radius 1 is 1.11 bits per heavy atom. The maximum atomic E-state index is 13.7. The summed E-state index contributed by atoms with van der Waals surface area (Å²) in [5.74, 6) is -0.697. The van der Waals surface area contributed by atoms with Gasteiger partial charge in [0.15, 0.2) is 11.6 Å². The van der Waals surface area contributed by atoms with Crippen LogP contribution in [0.1, 0.15) is 45.4 Å². The largest absolute Gasteiger partial charge is 0.349 e. The molecule has 154 valence electrons. The molecule has 0 spiro atoms. The second-order valence-corrected chi connectivity index (χ2v) is 10.9. The van der Waals surface area contributed by atoms with Crippen LogP contribution in [-0.4, -0.2) is 32.2 Å². The number of carbonyl (C=O) groups is 1. The summed E-state index contributed by atoms with van der Waals surface area (Å²) < 4.78 is 52.6. The fraction of sp³-hybridized carbons (Fsp3) is 0.650. The molecule has 0 saturated heterocycles. The van der Waals surface area contributed by atoms with Crippen molar-refractivity contribution in [1.82, 2.24) is 5.32 Å². The minimum Gasteiger partial charge on any atom is -0.349 e. The summed E-state index contributed by atoms with van der Waals surface area (Å²) in [5, 5.41) is 3.16. The Morgan fingerprint density at radius 3 is 2.11 bits per heavy atom. The van der Waals surface area contributed by atoms with Crippen LogP contribution in [0.15, 0.2) is 18.2 Å². The molecule has 0 aliphatic heterocycles. The van der Waals surface area contributed by atoms with Gasteiger partial charge in [-0.25, -0.2) is 17.2 Å². The Balaban J connectivity index is 1.58. The number of halogens is 2. The summed E-state index contributed by atoms with van der Waals surface area (Å²) in [7, 11) is -3.87. The molecule has 4 aliphatic rings. The van der Waals surface area contributed by atoms with Crippen LogP contribution in [-0.2, 0) is 14.8 Å². The lowest BCUT2D eigenvalue weighted by Crippen LogP contribution is -2.62. The first-order chi connectivity index (χ1) is 13.1. The number of hydrogen-bond acceptors (Lipinski definition) is 3. The van der Waals surface area contributed by atoms with Crippen molar-refractivity contribution >= 4 is 21.6 Å². The molecule has 0 aromatic heterocycles. The van der Waals surface area contributed by atoms with Gasteiger partial charge in [0.2, 0.25) is 15.9 Å². The van der Waals surface area contributed by atoms with Gasteiger partial charge in [0, 0.05) is 11.6 Å². The van der Waals surface area contributed by atoms with Crippen LogP contribution >= 0.6 is 0 Å². The molecule has 1 unspecified atom stereocenters. The molecule has 1 atom stereocenters. The molecule has 1 amide bonds. The molecule has 4 aliphatic carbocycles. The molecule has 28 heavy (non-hydrogen) atoms. The molecule has 0 radical (unpaired) electrons. The average Bonchev–Trinajstić information content (AvgIpc) is 2.55. The fourth-order valence-corrected chi connectivity index (χ4v) is 7.23. The predicted octanol–water partition coefficient (Wildman–Crippen LogP) is 3.20. The number of hydrogen-bond donors (Lipinski definition) is 1. The second kappa shape index (κ2) is 6.68. The highest BCUT2D eigenvalue weighted by Crippen LogP contribution is 2.55. The van der Waals surface area contributed by atoms with E-state index in [4.69, 9.17) is 0 Å². The molecule has 4 bridgehead atoms. The molecular weight excluding hydrogens is 386 g/mol. The third-order valence-electron chi connectivity index (χ3n) is 6.67. The number of benzene rings is 1. The number of nitrogens with one attached hydrogen (secondary N) is 1. The van der Waals surface area contributed by atoms with Gasteiger partial charge >= 0.3 is 0 Å². The summed E-state index contributed by atoms with van der Waals surface area (Å²) in [6.45, 7) is 1.48.